The van der Waals surface area contributed by atoms with E-state index in [1.807, 2.05) is 0 Å². The molecule has 0 radical (unpaired) electrons. The fraction of sp³-hybridized carbons (Fsp3) is 0.125. The quantitative estimate of drug-likeness (QED) is 0.604. The van der Waals surface area contributed by atoms with Crippen molar-refractivity contribution in [2.75, 3.05) is 5.21 Å². The summed E-state index contributed by atoms with van der Waals surface area (Å²) in [5.41, 5.74) is 0.398. The summed E-state index contributed by atoms with van der Waals surface area (Å²) in [7, 11) is 0. The van der Waals surface area contributed by atoms with E-state index < -0.39 is 11.3 Å². The number of halogens is 1. The summed E-state index contributed by atoms with van der Waals surface area (Å²) >= 11 is 4.62. The van der Waals surface area contributed by atoms with Crippen LogP contribution in [-0.4, -0.2) is 19.0 Å². The molecule has 0 aromatic heterocycles. The van der Waals surface area contributed by atoms with Crippen molar-refractivity contribution in [1.29, 1.82) is 0 Å². The second kappa shape index (κ2) is 4.42. The number of hydrogen-bond donors (Lipinski definition) is 0. The Balaban J connectivity index is 2.38. The highest BCUT2D eigenvalue weighted by atomic mass is 35.5. The molecule has 1 aliphatic rings. The summed E-state index contributed by atoms with van der Waals surface area (Å²) in [5, 5.41) is 0.142. The molecule has 1 aliphatic heterocycles. The number of fused-ring (bicyclic) bond motifs is 1. The largest absolute Gasteiger partial charge is 0.383 e. The van der Waals surface area contributed by atoms with Crippen LogP contribution in [0.15, 0.2) is 24.3 Å². The third-order valence-electron chi connectivity index (χ3n) is 1.75. The Morgan fingerprint density at radius 3 is 2.93 bits per heavy atom. The monoisotopic (exact) mass is 263 g/mol. The van der Waals surface area contributed by atoms with Gasteiger partial charge in [0.1, 0.15) is 0 Å². The van der Waals surface area contributed by atoms with Gasteiger partial charge in [-0.2, -0.15) is 7.92 Å². The van der Waals surface area contributed by atoms with Gasteiger partial charge in [0.15, 0.2) is 5.75 Å². The molecule has 7 heteroatoms. The number of benzene rings is 1. The van der Waals surface area contributed by atoms with Crippen molar-refractivity contribution in [3.8, 4) is 5.75 Å². The first-order chi connectivity index (χ1) is 7.24. The van der Waals surface area contributed by atoms with Crippen LogP contribution in [-0.2, 0) is 11.3 Å². The van der Waals surface area contributed by atoms with Gasteiger partial charge in [0, 0.05) is 0 Å². The number of para-hydroxylation sites is 1. The number of rotatable bonds is 2. The first kappa shape index (κ1) is 10.8. The molecule has 0 N–H and O–H groups in total. The summed E-state index contributed by atoms with van der Waals surface area (Å²) in [6.45, 7) is 0. The molecule has 4 nitrogen and oxygen atoms in total. The molecule has 1 atom stereocenters. The van der Waals surface area contributed by atoms with E-state index in [0.717, 1.165) is 15.7 Å². The Kier molecular flexibility index (Phi) is 3.18. The lowest BCUT2D eigenvalue weighted by molar-refractivity contribution is 0.0918. The van der Waals surface area contributed by atoms with E-state index in [1.165, 1.54) is 0 Å². The highest BCUT2D eigenvalue weighted by Gasteiger charge is 2.32. The molecule has 1 amide bonds. The SMILES string of the molecule is O=C1c2ccccc2OS(=O)N1SCCl. The number of carbonyl (C=O) groups excluding carboxylic acids is 1. The van der Waals surface area contributed by atoms with Crippen molar-refractivity contribution in [3.05, 3.63) is 29.8 Å². The summed E-state index contributed by atoms with van der Waals surface area (Å²) < 4.78 is 17.6. The van der Waals surface area contributed by atoms with Crippen LogP contribution >= 0.6 is 23.5 Å². The third kappa shape index (κ3) is 1.97. The number of carbonyl (C=O) groups is 1. The van der Waals surface area contributed by atoms with Gasteiger partial charge in [-0.05, 0) is 24.1 Å². The molecule has 0 aliphatic carbocycles. The molecule has 0 fully saturated rings. The number of nitrogens with zero attached hydrogens (tertiary/aromatic N) is 1. The minimum atomic E-state index is -1.81. The smallest absolute Gasteiger partial charge is 0.332 e. The Morgan fingerprint density at radius 2 is 2.20 bits per heavy atom. The van der Waals surface area contributed by atoms with Crippen LogP contribution in [0.2, 0.25) is 0 Å². The van der Waals surface area contributed by atoms with Crippen molar-refractivity contribution in [3.63, 3.8) is 0 Å². The lowest BCUT2D eigenvalue weighted by Gasteiger charge is -2.24. The Morgan fingerprint density at radius 1 is 1.47 bits per heavy atom. The van der Waals surface area contributed by atoms with Crippen molar-refractivity contribution in [2.24, 2.45) is 0 Å². The summed E-state index contributed by atoms with van der Waals surface area (Å²) in [5.74, 6) is -0.00640. The van der Waals surface area contributed by atoms with Crippen molar-refractivity contribution >= 4 is 40.7 Å². The fourth-order valence-electron chi connectivity index (χ4n) is 1.14. The highest BCUT2D eigenvalue weighted by molar-refractivity contribution is 8.06. The molecule has 1 aromatic carbocycles. The Hall–Kier alpha value is -0.720. The second-order valence-corrected chi connectivity index (χ2v) is 5.29. The van der Waals surface area contributed by atoms with Crippen LogP contribution in [0.1, 0.15) is 10.4 Å². The average Bonchev–Trinajstić information content (AvgIpc) is 2.24. The van der Waals surface area contributed by atoms with E-state index in [9.17, 15) is 9.00 Å². The predicted molar refractivity (Wildman–Crippen MR) is 59.7 cm³/mol. The van der Waals surface area contributed by atoms with E-state index in [-0.39, 0.29) is 11.1 Å². The Bertz CT molecular complexity index is 426. The second-order valence-electron chi connectivity index (χ2n) is 2.60. The predicted octanol–water partition coefficient (Wildman–Crippen LogP) is 1.94. The summed E-state index contributed by atoms with van der Waals surface area (Å²) in [6.07, 6.45) is 0. The lowest BCUT2D eigenvalue weighted by atomic mass is 10.2. The summed E-state index contributed by atoms with van der Waals surface area (Å²) in [6, 6.07) is 6.66. The number of amides is 1. The van der Waals surface area contributed by atoms with Crippen molar-refractivity contribution in [1.82, 2.24) is 3.71 Å². The van der Waals surface area contributed by atoms with Gasteiger partial charge in [-0.25, -0.2) is 0 Å². The maximum Gasteiger partial charge on any atom is 0.332 e. The maximum absolute atomic E-state index is 11.8. The normalized spacial score (nSPS) is 19.7. The van der Waals surface area contributed by atoms with Crippen LogP contribution in [0.3, 0.4) is 0 Å². The minimum Gasteiger partial charge on any atom is -0.383 e. The van der Waals surface area contributed by atoms with Gasteiger partial charge in [0.05, 0.1) is 10.8 Å². The van der Waals surface area contributed by atoms with Gasteiger partial charge in [-0.1, -0.05) is 12.1 Å². The topological polar surface area (TPSA) is 46.6 Å². The van der Waals surface area contributed by atoms with E-state index in [0.29, 0.717) is 11.3 Å². The molecule has 0 saturated heterocycles. The van der Waals surface area contributed by atoms with Gasteiger partial charge < -0.3 is 4.18 Å². The molecule has 1 aromatic rings. The van der Waals surface area contributed by atoms with Crippen LogP contribution < -0.4 is 4.18 Å². The average molecular weight is 264 g/mol. The number of hydrogen-bond acceptors (Lipinski definition) is 4. The molecule has 0 bridgehead atoms. The van der Waals surface area contributed by atoms with E-state index >= 15 is 0 Å². The molecular formula is C8H6ClNO3S2. The first-order valence-electron chi connectivity index (χ1n) is 3.96. The van der Waals surface area contributed by atoms with Gasteiger partial charge >= 0.3 is 11.3 Å². The molecule has 0 spiro atoms. The van der Waals surface area contributed by atoms with E-state index in [4.69, 9.17) is 15.8 Å². The zero-order valence-corrected chi connectivity index (χ0v) is 9.77. The molecule has 0 saturated carbocycles. The van der Waals surface area contributed by atoms with Gasteiger partial charge in [0.25, 0.3) is 5.91 Å². The Labute approximate surface area is 98.5 Å². The van der Waals surface area contributed by atoms with Crippen molar-refractivity contribution < 1.29 is 13.2 Å². The summed E-state index contributed by atoms with van der Waals surface area (Å²) in [4.78, 5) is 11.8. The minimum absolute atomic E-state index is 0.142. The van der Waals surface area contributed by atoms with E-state index in [2.05, 4.69) is 0 Å². The molecule has 80 valence electrons. The molecule has 2 rings (SSSR count). The van der Waals surface area contributed by atoms with E-state index in [1.54, 1.807) is 24.3 Å². The van der Waals surface area contributed by atoms with Crippen molar-refractivity contribution in [2.45, 2.75) is 0 Å². The van der Waals surface area contributed by atoms with Crippen LogP contribution in [0, 0.1) is 0 Å². The lowest BCUT2D eigenvalue weighted by Crippen LogP contribution is -2.34. The molecule has 1 unspecified atom stereocenters. The van der Waals surface area contributed by atoms with Gasteiger partial charge in [-0.3, -0.25) is 4.79 Å². The van der Waals surface area contributed by atoms with Crippen LogP contribution in [0.4, 0.5) is 0 Å². The molecule has 1 heterocycles. The van der Waals surface area contributed by atoms with Crippen LogP contribution in [0.5, 0.6) is 5.75 Å². The third-order valence-corrected chi connectivity index (χ3v) is 3.98. The standard InChI is InChI=1S/C8H6ClNO3S2/c9-5-14-10-8(11)6-3-1-2-4-7(6)13-15(10)12/h1-4H,5H2. The number of alkyl halides is 1. The molecular weight excluding hydrogens is 258 g/mol. The highest BCUT2D eigenvalue weighted by Crippen LogP contribution is 2.30. The maximum atomic E-state index is 11.8. The van der Waals surface area contributed by atoms with Crippen LogP contribution in [0.25, 0.3) is 0 Å². The molecule has 15 heavy (non-hydrogen) atoms. The zero-order valence-electron chi connectivity index (χ0n) is 7.38. The van der Waals surface area contributed by atoms with Gasteiger partial charge in [0.2, 0.25) is 0 Å². The fourth-order valence-corrected chi connectivity index (χ4v) is 3.10. The zero-order chi connectivity index (χ0) is 10.8. The van der Waals surface area contributed by atoms with Gasteiger partial charge in [-0.15, -0.1) is 11.6 Å². The first-order valence-corrected chi connectivity index (χ1v) is 6.47.